The Morgan fingerprint density at radius 2 is 1.86 bits per heavy atom. The number of rotatable bonds is 3. The van der Waals surface area contributed by atoms with Gasteiger partial charge in [0.1, 0.15) is 4.88 Å². The molecule has 0 saturated carbocycles. The van der Waals surface area contributed by atoms with Crippen LogP contribution in [0.4, 0.5) is 0 Å². The standard InChI is InChI=1S/C17H22ClNOS/c1-6-19(7-2)16(20)15-14(18)12-9-8-11(17(3,4)5)10-13(12)21-15/h8-10H,6-7H2,1-5H3. The van der Waals surface area contributed by atoms with Crippen LogP contribution in [0, 0.1) is 0 Å². The van der Waals surface area contributed by atoms with Gasteiger partial charge >= 0.3 is 0 Å². The van der Waals surface area contributed by atoms with Gasteiger partial charge in [0.2, 0.25) is 0 Å². The number of amides is 1. The molecule has 0 bridgehead atoms. The van der Waals surface area contributed by atoms with E-state index in [9.17, 15) is 4.79 Å². The van der Waals surface area contributed by atoms with Crippen LogP contribution < -0.4 is 0 Å². The van der Waals surface area contributed by atoms with Crippen LogP contribution in [0.25, 0.3) is 10.1 Å². The van der Waals surface area contributed by atoms with Crippen molar-refractivity contribution in [2.45, 2.75) is 40.0 Å². The number of carbonyl (C=O) groups excluding carboxylic acids is 1. The Bertz CT molecular complexity index is 665. The minimum absolute atomic E-state index is 0.0310. The molecular weight excluding hydrogens is 302 g/mol. The molecule has 1 amide bonds. The summed E-state index contributed by atoms with van der Waals surface area (Å²) in [5, 5.41) is 1.57. The lowest BCUT2D eigenvalue weighted by Gasteiger charge is -2.18. The van der Waals surface area contributed by atoms with Crippen molar-refractivity contribution in [2.24, 2.45) is 0 Å². The van der Waals surface area contributed by atoms with E-state index in [2.05, 4.69) is 32.9 Å². The fourth-order valence-electron chi connectivity index (χ4n) is 2.32. The molecule has 2 aromatic rings. The van der Waals surface area contributed by atoms with Crippen LogP contribution in [0.3, 0.4) is 0 Å². The summed E-state index contributed by atoms with van der Waals surface area (Å²) in [6.45, 7) is 11.9. The Balaban J connectivity index is 2.53. The normalized spacial score (nSPS) is 11.9. The van der Waals surface area contributed by atoms with Crippen LogP contribution in [-0.2, 0) is 5.41 Å². The van der Waals surface area contributed by atoms with E-state index in [0.717, 1.165) is 10.1 Å². The molecule has 1 aromatic heterocycles. The average molecular weight is 324 g/mol. The highest BCUT2D eigenvalue weighted by molar-refractivity contribution is 7.21. The second-order valence-corrected chi connectivity index (χ2v) is 7.61. The lowest BCUT2D eigenvalue weighted by Crippen LogP contribution is -2.29. The minimum atomic E-state index is 0.0310. The third-order valence-corrected chi connectivity index (χ3v) is 5.39. The molecule has 114 valence electrons. The third-order valence-electron chi connectivity index (χ3n) is 3.74. The van der Waals surface area contributed by atoms with Crippen molar-refractivity contribution in [3.05, 3.63) is 33.7 Å². The first-order valence-electron chi connectivity index (χ1n) is 7.31. The number of hydrogen-bond donors (Lipinski definition) is 0. The molecule has 0 aliphatic heterocycles. The van der Waals surface area contributed by atoms with E-state index in [-0.39, 0.29) is 11.3 Å². The molecule has 2 rings (SSSR count). The largest absolute Gasteiger partial charge is 0.338 e. The topological polar surface area (TPSA) is 20.3 Å². The number of fused-ring (bicyclic) bond motifs is 1. The second kappa shape index (κ2) is 5.98. The van der Waals surface area contributed by atoms with Crippen molar-refractivity contribution >= 4 is 38.9 Å². The fraction of sp³-hybridized carbons (Fsp3) is 0.471. The molecule has 0 spiro atoms. The Morgan fingerprint density at radius 3 is 2.38 bits per heavy atom. The first kappa shape index (κ1) is 16.3. The second-order valence-electron chi connectivity index (χ2n) is 6.18. The van der Waals surface area contributed by atoms with Crippen LogP contribution in [0.2, 0.25) is 5.02 Å². The van der Waals surface area contributed by atoms with Gasteiger partial charge < -0.3 is 4.90 Å². The van der Waals surface area contributed by atoms with Gasteiger partial charge in [-0.2, -0.15) is 0 Å². The Kier molecular flexibility index (Phi) is 4.64. The van der Waals surface area contributed by atoms with Gasteiger partial charge in [-0.15, -0.1) is 11.3 Å². The van der Waals surface area contributed by atoms with E-state index in [1.807, 2.05) is 19.9 Å². The zero-order valence-electron chi connectivity index (χ0n) is 13.3. The number of carbonyl (C=O) groups is 1. The zero-order chi connectivity index (χ0) is 15.8. The number of thiophene rings is 1. The number of halogens is 1. The summed E-state index contributed by atoms with van der Waals surface area (Å²) in [4.78, 5) is 15.0. The molecule has 4 heteroatoms. The number of hydrogen-bond acceptors (Lipinski definition) is 2. The van der Waals surface area contributed by atoms with E-state index in [1.165, 1.54) is 16.9 Å². The molecule has 0 fully saturated rings. The van der Waals surface area contributed by atoms with Crippen molar-refractivity contribution in [2.75, 3.05) is 13.1 Å². The molecule has 21 heavy (non-hydrogen) atoms. The van der Waals surface area contributed by atoms with Crippen molar-refractivity contribution < 1.29 is 4.79 Å². The van der Waals surface area contributed by atoms with Crippen molar-refractivity contribution in [1.82, 2.24) is 4.90 Å². The molecular formula is C17H22ClNOS. The van der Waals surface area contributed by atoms with Gasteiger partial charge in [-0.25, -0.2) is 0 Å². The smallest absolute Gasteiger partial charge is 0.265 e. The Hall–Kier alpha value is -1.06. The predicted molar refractivity (Wildman–Crippen MR) is 92.8 cm³/mol. The van der Waals surface area contributed by atoms with Crippen molar-refractivity contribution in [1.29, 1.82) is 0 Å². The molecule has 0 atom stereocenters. The van der Waals surface area contributed by atoms with Gasteiger partial charge in [-0.05, 0) is 30.9 Å². The number of benzene rings is 1. The summed E-state index contributed by atoms with van der Waals surface area (Å²) >= 11 is 7.94. The Labute approximate surface area is 135 Å². The molecule has 0 aliphatic carbocycles. The van der Waals surface area contributed by atoms with Crippen LogP contribution in [0.5, 0.6) is 0 Å². The lowest BCUT2D eigenvalue weighted by atomic mass is 9.87. The minimum Gasteiger partial charge on any atom is -0.338 e. The maximum Gasteiger partial charge on any atom is 0.265 e. The van der Waals surface area contributed by atoms with Gasteiger partial charge in [-0.1, -0.05) is 44.5 Å². The monoisotopic (exact) mass is 323 g/mol. The SMILES string of the molecule is CCN(CC)C(=O)c1sc2cc(C(C)(C)C)ccc2c1Cl. The molecule has 2 nitrogen and oxygen atoms in total. The van der Waals surface area contributed by atoms with E-state index in [0.29, 0.717) is 23.0 Å². The van der Waals surface area contributed by atoms with Gasteiger partial charge in [0.05, 0.1) is 5.02 Å². The summed E-state index contributed by atoms with van der Waals surface area (Å²) in [7, 11) is 0. The molecule has 0 N–H and O–H groups in total. The number of nitrogens with zero attached hydrogens (tertiary/aromatic N) is 1. The van der Waals surface area contributed by atoms with Gasteiger partial charge in [0.15, 0.2) is 0 Å². The highest BCUT2D eigenvalue weighted by Gasteiger charge is 2.22. The maximum absolute atomic E-state index is 12.5. The predicted octanol–water partition coefficient (Wildman–Crippen LogP) is 5.33. The zero-order valence-corrected chi connectivity index (χ0v) is 14.9. The van der Waals surface area contributed by atoms with Gasteiger partial charge in [-0.3, -0.25) is 4.79 Å². The lowest BCUT2D eigenvalue weighted by molar-refractivity contribution is 0.0778. The summed E-state index contributed by atoms with van der Waals surface area (Å²) < 4.78 is 1.09. The van der Waals surface area contributed by atoms with E-state index in [4.69, 9.17) is 11.6 Å². The first-order valence-corrected chi connectivity index (χ1v) is 8.50. The fourth-order valence-corrected chi connectivity index (χ4v) is 3.84. The van der Waals surface area contributed by atoms with Crippen LogP contribution in [-0.4, -0.2) is 23.9 Å². The van der Waals surface area contributed by atoms with Crippen LogP contribution >= 0.6 is 22.9 Å². The molecule has 1 aromatic carbocycles. The molecule has 0 radical (unpaired) electrons. The van der Waals surface area contributed by atoms with Crippen LogP contribution in [0.1, 0.15) is 49.9 Å². The average Bonchev–Trinajstić information content (AvgIpc) is 2.76. The quantitative estimate of drug-likeness (QED) is 0.747. The van der Waals surface area contributed by atoms with Crippen molar-refractivity contribution in [3.8, 4) is 0 Å². The summed E-state index contributed by atoms with van der Waals surface area (Å²) in [6.07, 6.45) is 0. The maximum atomic E-state index is 12.5. The van der Waals surface area contributed by atoms with E-state index < -0.39 is 0 Å². The first-order chi connectivity index (χ1) is 9.79. The molecule has 0 unspecified atom stereocenters. The molecule has 0 saturated heterocycles. The van der Waals surface area contributed by atoms with Gasteiger partial charge in [0, 0.05) is 23.2 Å². The Morgan fingerprint density at radius 1 is 1.24 bits per heavy atom. The third kappa shape index (κ3) is 3.09. The summed E-state index contributed by atoms with van der Waals surface area (Å²) in [5.74, 6) is 0.0310. The molecule has 0 aliphatic rings. The summed E-state index contributed by atoms with van der Waals surface area (Å²) in [6, 6.07) is 6.30. The van der Waals surface area contributed by atoms with Gasteiger partial charge in [0.25, 0.3) is 5.91 Å². The van der Waals surface area contributed by atoms with Crippen LogP contribution in [0.15, 0.2) is 18.2 Å². The van der Waals surface area contributed by atoms with E-state index in [1.54, 1.807) is 4.90 Å². The highest BCUT2D eigenvalue weighted by atomic mass is 35.5. The molecule has 1 heterocycles. The highest BCUT2D eigenvalue weighted by Crippen LogP contribution is 2.38. The van der Waals surface area contributed by atoms with Crippen molar-refractivity contribution in [3.63, 3.8) is 0 Å². The summed E-state index contributed by atoms with van der Waals surface area (Å²) in [5.41, 5.74) is 1.35. The van der Waals surface area contributed by atoms with E-state index >= 15 is 0 Å².